The molecular formula is C16H16ClN3O2S. The molecule has 0 bridgehead atoms. The summed E-state index contributed by atoms with van der Waals surface area (Å²) in [5.74, 6) is -0.413. The summed E-state index contributed by atoms with van der Waals surface area (Å²) in [6, 6.07) is 5.13. The van der Waals surface area contributed by atoms with Crippen molar-refractivity contribution in [2.45, 2.75) is 19.0 Å². The van der Waals surface area contributed by atoms with E-state index >= 15 is 0 Å². The summed E-state index contributed by atoms with van der Waals surface area (Å²) in [4.78, 5) is 24.5. The normalized spacial score (nSPS) is 10.3. The average Bonchev–Trinajstić information content (AvgIpc) is 2.62. The minimum Gasteiger partial charge on any atom is -0.465 e. The van der Waals surface area contributed by atoms with Gasteiger partial charge < -0.3 is 4.74 Å². The number of carbonyl (C=O) groups excluding carboxylic acids is 1. The van der Waals surface area contributed by atoms with E-state index in [9.17, 15) is 4.79 Å². The lowest BCUT2D eigenvalue weighted by Gasteiger charge is -2.07. The molecule has 0 aliphatic carbocycles. The molecule has 0 N–H and O–H groups in total. The minimum atomic E-state index is -0.413. The molecule has 2 aromatic heterocycles. The summed E-state index contributed by atoms with van der Waals surface area (Å²) < 4.78 is 4.71. The highest BCUT2D eigenvalue weighted by atomic mass is 35.5. The lowest BCUT2D eigenvalue weighted by Crippen LogP contribution is -2.01. The Hall–Kier alpha value is -1.92. The number of benzene rings is 1. The van der Waals surface area contributed by atoms with Gasteiger partial charge >= 0.3 is 5.97 Å². The third-order valence-electron chi connectivity index (χ3n) is 3.07. The van der Waals surface area contributed by atoms with Gasteiger partial charge in [0, 0.05) is 17.0 Å². The maximum absolute atomic E-state index is 11.6. The van der Waals surface area contributed by atoms with Crippen LogP contribution in [0.5, 0.6) is 0 Å². The van der Waals surface area contributed by atoms with Gasteiger partial charge in [0.15, 0.2) is 10.3 Å². The summed E-state index contributed by atoms with van der Waals surface area (Å²) in [5.41, 5.74) is 1.64. The van der Waals surface area contributed by atoms with Gasteiger partial charge in [-0.25, -0.2) is 19.7 Å². The highest BCUT2D eigenvalue weighted by Crippen LogP contribution is 2.29. The van der Waals surface area contributed by atoms with Crippen molar-refractivity contribution in [3.8, 4) is 0 Å². The molecule has 0 amide bonds. The SMILES string of the molecule is CC.COC(=O)c1ccc2c(c1)nc(Cl)c1nc(SC)ncc12. The van der Waals surface area contributed by atoms with Crippen LogP contribution in [0.3, 0.4) is 0 Å². The molecule has 3 aromatic rings. The van der Waals surface area contributed by atoms with Crippen molar-refractivity contribution in [2.24, 2.45) is 0 Å². The molecule has 0 aliphatic heterocycles. The first kappa shape index (κ1) is 17.4. The maximum Gasteiger partial charge on any atom is 0.337 e. The second kappa shape index (κ2) is 7.57. The number of thioether (sulfide) groups is 1. The number of pyridine rings is 1. The van der Waals surface area contributed by atoms with Gasteiger partial charge in [-0.15, -0.1) is 0 Å². The van der Waals surface area contributed by atoms with Gasteiger partial charge in [0.2, 0.25) is 0 Å². The molecule has 120 valence electrons. The van der Waals surface area contributed by atoms with E-state index in [4.69, 9.17) is 16.3 Å². The zero-order valence-corrected chi connectivity index (χ0v) is 14.8. The van der Waals surface area contributed by atoms with Crippen LogP contribution in [0.4, 0.5) is 0 Å². The molecule has 0 saturated heterocycles. The van der Waals surface area contributed by atoms with Gasteiger partial charge in [-0.05, 0) is 18.4 Å². The predicted molar refractivity (Wildman–Crippen MR) is 94.3 cm³/mol. The van der Waals surface area contributed by atoms with Crippen LogP contribution in [0.25, 0.3) is 21.8 Å². The highest BCUT2D eigenvalue weighted by molar-refractivity contribution is 7.98. The molecule has 0 aliphatic rings. The topological polar surface area (TPSA) is 65.0 Å². The Morgan fingerprint density at radius 2 is 1.96 bits per heavy atom. The van der Waals surface area contributed by atoms with Crippen LogP contribution in [0.2, 0.25) is 5.15 Å². The number of esters is 1. The summed E-state index contributed by atoms with van der Waals surface area (Å²) in [5, 5.41) is 2.57. The van der Waals surface area contributed by atoms with Crippen LogP contribution in [-0.2, 0) is 4.74 Å². The molecule has 2 heterocycles. The van der Waals surface area contributed by atoms with E-state index in [1.807, 2.05) is 20.1 Å². The summed E-state index contributed by atoms with van der Waals surface area (Å²) in [7, 11) is 1.34. The molecule has 7 heteroatoms. The van der Waals surface area contributed by atoms with Crippen LogP contribution >= 0.6 is 23.4 Å². The molecule has 0 fully saturated rings. The Bertz CT molecular complexity index is 871. The number of hydrogen-bond donors (Lipinski definition) is 0. The Kier molecular flexibility index (Phi) is 5.74. The van der Waals surface area contributed by atoms with Crippen LogP contribution < -0.4 is 0 Å². The molecule has 0 saturated carbocycles. The van der Waals surface area contributed by atoms with E-state index in [2.05, 4.69) is 15.0 Å². The van der Waals surface area contributed by atoms with Gasteiger partial charge in [-0.2, -0.15) is 0 Å². The number of ether oxygens (including phenoxy) is 1. The average molecular weight is 350 g/mol. The number of nitrogens with zero attached hydrogens (tertiary/aromatic N) is 3. The third kappa shape index (κ3) is 3.38. The van der Waals surface area contributed by atoms with Crippen LogP contribution in [0, 0.1) is 0 Å². The van der Waals surface area contributed by atoms with Gasteiger partial charge in [-0.1, -0.05) is 43.3 Å². The molecule has 0 unspecified atom stereocenters. The van der Waals surface area contributed by atoms with Crippen molar-refractivity contribution < 1.29 is 9.53 Å². The molecule has 23 heavy (non-hydrogen) atoms. The molecule has 0 spiro atoms. The number of rotatable bonds is 2. The van der Waals surface area contributed by atoms with Crippen LogP contribution in [-0.4, -0.2) is 34.3 Å². The maximum atomic E-state index is 11.6. The molecule has 0 radical (unpaired) electrons. The summed E-state index contributed by atoms with van der Waals surface area (Å²) >= 11 is 7.64. The number of methoxy groups -OCH3 is 1. The number of carbonyl (C=O) groups is 1. The second-order valence-corrected chi connectivity index (χ2v) is 5.38. The Balaban J connectivity index is 0.000000924. The van der Waals surface area contributed by atoms with E-state index in [-0.39, 0.29) is 5.15 Å². The van der Waals surface area contributed by atoms with E-state index in [0.717, 1.165) is 10.8 Å². The highest BCUT2D eigenvalue weighted by Gasteiger charge is 2.12. The second-order valence-electron chi connectivity index (χ2n) is 4.25. The van der Waals surface area contributed by atoms with Gasteiger partial charge in [0.1, 0.15) is 5.52 Å². The monoisotopic (exact) mass is 349 g/mol. The standard InChI is InChI=1S/C14H10ClN3O2S.C2H6/c1-20-13(19)7-3-4-8-9-6-16-14(21-2)18-11(9)12(15)17-10(8)5-7;1-2/h3-6H,1-2H3;1-2H3. The van der Waals surface area contributed by atoms with Gasteiger partial charge in [0.05, 0.1) is 18.2 Å². The number of halogens is 1. The van der Waals surface area contributed by atoms with Crippen molar-refractivity contribution in [1.82, 2.24) is 15.0 Å². The lowest BCUT2D eigenvalue weighted by molar-refractivity contribution is 0.0601. The van der Waals surface area contributed by atoms with Gasteiger partial charge in [-0.3, -0.25) is 0 Å². The quantitative estimate of drug-likeness (QED) is 0.225. The number of aromatic nitrogens is 3. The number of fused-ring (bicyclic) bond motifs is 3. The molecule has 0 atom stereocenters. The molecule has 3 rings (SSSR count). The zero-order chi connectivity index (χ0) is 17.0. The lowest BCUT2D eigenvalue weighted by atomic mass is 10.1. The fourth-order valence-corrected chi connectivity index (χ4v) is 2.65. The summed E-state index contributed by atoms with van der Waals surface area (Å²) in [6.07, 6.45) is 3.62. The smallest absolute Gasteiger partial charge is 0.337 e. The number of hydrogen-bond acceptors (Lipinski definition) is 6. The fourth-order valence-electron chi connectivity index (χ4n) is 2.07. The van der Waals surface area contributed by atoms with Crippen molar-refractivity contribution in [3.63, 3.8) is 0 Å². The van der Waals surface area contributed by atoms with Crippen molar-refractivity contribution in [2.75, 3.05) is 13.4 Å². The van der Waals surface area contributed by atoms with Crippen LogP contribution in [0.15, 0.2) is 29.6 Å². The first-order chi connectivity index (χ1) is 11.1. The molecule has 1 aromatic carbocycles. The Morgan fingerprint density at radius 3 is 2.61 bits per heavy atom. The zero-order valence-electron chi connectivity index (χ0n) is 13.3. The predicted octanol–water partition coefficient (Wildman–Crippen LogP) is 4.37. The van der Waals surface area contributed by atoms with Crippen molar-refractivity contribution >= 4 is 51.1 Å². The first-order valence-electron chi connectivity index (χ1n) is 7.02. The van der Waals surface area contributed by atoms with E-state index in [1.54, 1.807) is 24.4 Å². The van der Waals surface area contributed by atoms with Gasteiger partial charge in [0.25, 0.3) is 0 Å². The van der Waals surface area contributed by atoms with Crippen molar-refractivity contribution in [1.29, 1.82) is 0 Å². The van der Waals surface area contributed by atoms with E-state index in [0.29, 0.717) is 21.8 Å². The summed E-state index contributed by atoms with van der Waals surface area (Å²) in [6.45, 7) is 4.00. The minimum absolute atomic E-state index is 0.289. The van der Waals surface area contributed by atoms with Crippen LogP contribution in [0.1, 0.15) is 24.2 Å². The van der Waals surface area contributed by atoms with E-state index in [1.165, 1.54) is 18.9 Å². The third-order valence-corrected chi connectivity index (χ3v) is 3.90. The largest absolute Gasteiger partial charge is 0.465 e. The molecular weight excluding hydrogens is 334 g/mol. The molecule has 5 nitrogen and oxygen atoms in total. The van der Waals surface area contributed by atoms with E-state index < -0.39 is 5.97 Å². The Labute approximate surface area is 143 Å². The fraction of sp³-hybridized carbons (Fsp3) is 0.250. The Morgan fingerprint density at radius 1 is 1.22 bits per heavy atom. The first-order valence-corrected chi connectivity index (χ1v) is 8.62. The van der Waals surface area contributed by atoms with Crippen molar-refractivity contribution in [3.05, 3.63) is 35.1 Å².